The molecule has 0 amide bonds. The molecule has 176 valence electrons. The number of guanidine groups is 1. The van der Waals surface area contributed by atoms with Gasteiger partial charge in [-0.15, -0.1) is 24.0 Å². The predicted molar refractivity (Wildman–Crippen MR) is 135 cm³/mol. The Morgan fingerprint density at radius 2 is 1.81 bits per heavy atom. The van der Waals surface area contributed by atoms with Crippen LogP contribution in [0.1, 0.15) is 19.8 Å². The molecule has 6 nitrogen and oxygen atoms in total. The summed E-state index contributed by atoms with van der Waals surface area (Å²) in [6, 6.07) is 3.64. The monoisotopic (exact) mass is 550 g/mol. The summed E-state index contributed by atoms with van der Waals surface area (Å²) >= 11 is 0. The Morgan fingerprint density at radius 3 is 2.55 bits per heavy atom. The number of hydrogen-bond donors (Lipinski definition) is 1. The maximum atomic E-state index is 14.1. The summed E-state index contributed by atoms with van der Waals surface area (Å²) in [5.74, 6) is 0.150. The molecule has 1 N–H and O–H groups in total. The highest BCUT2D eigenvalue weighted by Gasteiger charge is 2.22. The van der Waals surface area contributed by atoms with E-state index in [1.807, 2.05) is 4.90 Å². The molecule has 0 atom stereocenters. The second-order valence-electron chi connectivity index (χ2n) is 8.16. The van der Waals surface area contributed by atoms with Crippen molar-refractivity contribution in [3.05, 3.63) is 29.8 Å². The van der Waals surface area contributed by atoms with Gasteiger partial charge in [0, 0.05) is 58.4 Å². The standard InChI is InChI=1S/C22H36F2N6.HI/c1-3-25-22(26-8-4-10-28-11-5-9-27(2)12-13-28)30-16-14-29(15-17-30)21-18-19(23)6-7-20(21)24;/h6-7,18H,3-5,8-17H2,1-2H3,(H,25,26);1H. The maximum absolute atomic E-state index is 14.1. The van der Waals surface area contributed by atoms with E-state index in [9.17, 15) is 8.78 Å². The molecule has 2 heterocycles. The van der Waals surface area contributed by atoms with Crippen molar-refractivity contribution in [3.63, 3.8) is 0 Å². The van der Waals surface area contributed by atoms with Crippen LogP contribution in [0.4, 0.5) is 14.5 Å². The summed E-state index contributed by atoms with van der Waals surface area (Å²) in [6.45, 7) is 12.2. The fourth-order valence-electron chi connectivity index (χ4n) is 4.12. The van der Waals surface area contributed by atoms with E-state index in [0.29, 0.717) is 18.8 Å². The third-order valence-electron chi connectivity index (χ3n) is 5.87. The highest BCUT2D eigenvalue weighted by molar-refractivity contribution is 14.0. The zero-order valence-corrected chi connectivity index (χ0v) is 21.2. The number of nitrogens with zero attached hydrogens (tertiary/aromatic N) is 5. The lowest BCUT2D eigenvalue weighted by Crippen LogP contribution is -2.52. The molecule has 9 heteroatoms. The number of halogens is 3. The first-order valence-corrected chi connectivity index (χ1v) is 11.2. The third-order valence-corrected chi connectivity index (χ3v) is 5.87. The molecule has 0 bridgehead atoms. The Hall–Kier alpha value is -1.20. The number of benzene rings is 1. The van der Waals surface area contributed by atoms with Crippen LogP contribution in [-0.2, 0) is 0 Å². The van der Waals surface area contributed by atoms with Crippen molar-refractivity contribution in [2.75, 3.05) is 83.9 Å². The Bertz CT molecular complexity index is 697. The summed E-state index contributed by atoms with van der Waals surface area (Å²) in [4.78, 5) is 13.9. The molecule has 31 heavy (non-hydrogen) atoms. The predicted octanol–water partition coefficient (Wildman–Crippen LogP) is 2.70. The van der Waals surface area contributed by atoms with Crippen molar-refractivity contribution in [2.45, 2.75) is 19.8 Å². The van der Waals surface area contributed by atoms with E-state index in [-0.39, 0.29) is 29.8 Å². The Labute approximate surface area is 202 Å². The highest BCUT2D eigenvalue weighted by atomic mass is 127. The highest BCUT2D eigenvalue weighted by Crippen LogP contribution is 2.22. The van der Waals surface area contributed by atoms with Gasteiger partial charge in [0.25, 0.3) is 0 Å². The Kier molecular flexibility index (Phi) is 11.2. The number of nitrogens with one attached hydrogen (secondary N) is 1. The molecular formula is C22H37F2IN6. The van der Waals surface area contributed by atoms with E-state index in [2.05, 4.69) is 34.0 Å². The fourth-order valence-corrected chi connectivity index (χ4v) is 4.12. The van der Waals surface area contributed by atoms with E-state index in [1.54, 1.807) is 0 Å². The van der Waals surface area contributed by atoms with Crippen LogP contribution < -0.4 is 10.2 Å². The average molecular weight is 550 g/mol. The van der Waals surface area contributed by atoms with Gasteiger partial charge >= 0.3 is 0 Å². The van der Waals surface area contributed by atoms with Crippen LogP contribution in [0.5, 0.6) is 0 Å². The second kappa shape index (κ2) is 13.4. The summed E-state index contributed by atoms with van der Waals surface area (Å²) in [5, 5.41) is 3.38. The van der Waals surface area contributed by atoms with Crippen LogP contribution in [0.25, 0.3) is 0 Å². The summed E-state index contributed by atoms with van der Waals surface area (Å²) < 4.78 is 27.6. The van der Waals surface area contributed by atoms with Gasteiger partial charge in [0.05, 0.1) is 5.69 Å². The molecule has 0 spiro atoms. The molecule has 0 saturated carbocycles. The van der Waals surface area contributed by atoms with Crippen molar-refractivity contribution in [2.24, 2.45) is 4.99 Å². The van der Waals surface area contributed by atoms with Gasteiger partial charge in [-0.1, -0.05) is 0 Å². The number of hydrogen-bond acceptors (Lipinski definition) is 4. The Morgan fingerprint density at radius 1 is 1.03 bits per heavy atom. The van der Waals surface area contributed by atoms with E-state index in [1.165, 1.54) is 31.6 Å². The van der Waals surface area contributed by atoms with Crippen LogP contribution >= 0.6 is 24.0 Å². The first-order chi connectivity index (χ1) is 14.6. The van der Waals surface area contributed by atoms with Gasteiger partial charge in [0.2, 0.25) is 0 Å². The average Bonchev–Trinajstić information content (AvgIpc) is 2.96. The molecular weight excluding hydrogens is 513 g/mol. The fraction of sp³-hybridized carbons (Fsp3) is 0.682. The van der Waals surface area contributed by atoms with Crippen molar-refractivity contribution < 1.29 is 8.78 Å². The Balaban J connectivity index is 0.00000341. The van der Waals surface area contributed by atoms with Gasteiger partial charge in [-0.3, -0.25) is 4.99 Å². The number of likely N-dealkylation sites (N-methyl/N-ethyl adjacent to an activating group) is 1. The molecule has 0 aromatic heterocycles. The number of anilines is 1. The normalized spacial score (nSPS) is 19.2. The molecule has 2 saturated heterocycles. The van der Waals surface area contributed by atoms with Gasteiger partial charge < -0.3 is 24.9 Å². The van der Waals surface area contributed by atoms with Crippen LogP contribution in [0.3, 0.4) is 0 Å². The van der Waals surface area contributed by atoms with E-state index >= 15 is 0 Å². The summed E-state index contributed by atoms with van der Waals surface area (Å²) in [6.07, 6.45) is 2.28. The molecule has 0 aliphatic carbocycles. The van der Waals surface area contributed by atoms with Crippen molar-refractivity contribution in [1.82, 2.24) is 20.0 Å². The zero-order chi connectivity index (χ0) is 21.3. The smallest absolute Gasteiger partial charge is 0.194 e. The largest absolute Gasteiger partial charge is 0.366 e. The summed E-state index contributed by atoms with van der Waals surface area (Å²) in [5.41, 5.74) is 0.347. The van der Waals surface area contributed by atoms with Crippen LogP contribution in [0, 0.1) is 11.6 Å². The SMILES string of the molecule is CCNC(=NCCCN1CCCN(C)CC1)N1CCN(c2cc(F)ccc2F)CC1.I. The number of piperazine rings is 1. The lowest BCUT2D eigenvalue weighted by molar-refractivity contribution is 0.274. The van der Waals surface area contributed by atoms with E-state index < -0.39 is 5.82 Å². The van der Waals surface area contributed by atoms with Crippen molar-refractivity contribution in [1.29, 1.82) is 0 Å². The minimum Gasteiger partial charge on any atom is -0.366 e. The molecule has 0 unspecified atom stereocenters. The maximum Gasteiger partial charge on any atom is 0.194 e. The first-order valence-electron chi connectivity index (χ1n) is 11.2. The molecule has 2 aliphatic heterocycles. The topological polar surface area (TPSA) is 37.4 Å². The molecule has 0 radical (unpaired) electrons. The molecule has 3 rings (SSSR count). The third kappa shape index (κ3) is 8.02. The van der Waals surface area contributed by atoms with Crippen molar-refractivity contribution in [3.8, 4) is 0 Å². The molecule has 2 fully saturated rings. The minimum atomic E-state index is -0.403. The van der Waals surface area contributed by atoms with Crippen molar-refractivity contribution >= 4 is 35.6 Å². The molecule has 1 aromatic carbocycles. The summed E-state index contributed by atoms with van der Waals surface area (Å²) in [7, 11) is 2.19. The second-order valence-corrected chi connectivity index (χ2v) is 8.16. The van der Waals surface area contributed by atoms with E-state index in [0.717, 1.165) is 64.3 Å². The number of aliphatic imine (C=N–C) groups is 1. The first kappa shape index (κ1) is 26.1. The van der Waals surface area contributed by atoms with Gasteiger partial charge in [-0.25, -0.2) is 8.78 Å². The van der Waals surface area contributed by atoms with Gasteiger partial charge in [-0.2, -0.15) is 0 Å². The van der Waals surface area contributed by atoms with Crippen LogP contribution in [-0.4, -0.2) is 99.7 Å². The minimum absolute atomic E-state index is 0. The lowest BCUT2D eigenvalue weighted by Gasteiger charge is -2.37. The number of rotatable bonds is 6. The van der Waals surface area contributed by atoms with Gasteiger partial charge in [0.15, 0.2) is 5.96 Å². The van der Waals surface area contributed by atoms with Gasteiger partial charge in [0.1, 0.15) is 11.6 Å². The van der Waals surface area contributed by atoms with Gasteiger partial charge in [-0.05, 0) is 58.6 Å². The van der Waals surface area contributed by atoms with E-state index in [4.69, 9.17) is 4.99 Å². The van der Waals surface area contributed by atoms with Crippen LogP contribution in [0.15, 0.2) is 23.2 Å². The zero-order valence-electron chi connectivity index (χ0n) is 18.8. The van der Waals surface area contributed by atoms with Crippen LogP contribution in [0.2, 0.25) is 0 Å². The quantitative estimate of drug-likeness (QED) is 0.255. The molecule has 2 aliphatic rings. The molecule has 1 aromatic rings. The lowest BCUT2D eigenvalue weighted by atomic mass is 10.2.